The van der Waals surface area contributed by atoms with Crippen molar-refractivity contribution in [3.63, 3.8) is 0 Å². The second kappa shape index (κ2) is 8.68. The molecule has 0 bridgehead atoms. The first-order valence-electron chi connectivity index (χ1n) is 8.46. The molecule has 1 aromatic carbocycles. The first-order chi connectivity index (χ1) is 11.8. The fourth-order valence-electron chi connectivity index (χ4n) is 3.05. The van der Waals surface area contributed by atoms with Crippen LogP contribution in [0.2, 0.25) is 5.02 Å². The van der Waals surface area contributed by atoms with Crippen molar-refractivity contribution in [1.29, 1.82) is 0 Å². The monoisotopic (exact) mass is 390 g/mol. The molecular formula is C17H27ClN2O4S. The smallest absolute Gasteiger partial charge is 0.246 e. The number of methoxy groups -OCH3 is 1. The van der Waals surface area contributed by atoms with Gasteiger partial charge in [-0.25, -0.2) is 8.42 Å². The van der Waals surface area contributed by atoms with Gasteiger partial charge in [0, 0.05) is 31.3 Å². The highest BCUT2D eigenvalue weighted by molar-refractivity contribution is 7.89. The SMILES string of the molecule is COCC(C)Oc1ccc(Cl)cc1S(=O)(=O)N1CCC(C(C)N)CC1. The van der Waals surface area contributed by atoms with E-state index in [1.54, 1.807) is 19.2 Å². The van der Waals surface area contributed by atoms with Crippen molar-refractivity contribution < 1.29 is 17.9 Å². The second-order valence-electron chi connectivity index (χ2n) is 6.58. The Bertz CT molecular complexity index is 673. The fourth-order valence-corrected chi connectivity index (χ4v) is 4.90. The lowest BCUT2D eigenvalue weighted by Crippen LogP contribution is -2.42. The van der Waals surface area contributed by atoms with Crippen molar-refractivity contribution in [2.75, 3.05) is 26.8 Å². The Morgan fingerprint density at radius 1 is 1.32 bits per heavy atom. The molecule has 2 N–H and O–H groups in total. The summed E-state index contributed by atoms with van der Waals surface area (Å²) in [5.74, 6) is 0.645. The van der Waals surface area contributed by atoms with E-state index in [4.69, 9.17) is 26.8 Å². The largest absolute Gasteiger partial charge is 0.487 e. The van der Waals surface area contributed by atoms with Crippen LogP contribution in [0.25, 0.3) is 0 Å². The normalized spacial score (nSPS) is 19.6. The highest BCUT2D eigenvalue weighted by Crippen LogP contribution is 2.33. The number of nitrogens with two attached hydrogens (primary N) is 1. The number of sulfonamides is 1. The molecule has 0 aliphatic carbocycles. The van der Waals surface area contributed by atoms with Gasteiger partial charge in [-0.2, -0.15) is 4.31 Å². The Morgan fingerprint density at radius 2 is 1.96 bits per heavy atom. The molecule has 1 aromatic rings. The van der Waals surface area contributed by atoms with Gasteiger partial charge in [-0.1, -0.05) is 11.6 Å². The number of ether oxygens (including phenoxy) is 2. The lowest BCUT2D eigenvalue weighted by atomic mass is 9.92. The van der Waals surface area contributed by atoms with Crippen LogP contribution in [-0.4, -0.2) is 51.7 Å². The highest BCUT2D eigenvalue weighted by Gasteiger charge is 2.33. The molecule has 0 saturated carbocycles. The molecule has 142 valence electrons. The summed E-state index contributed by atoms with van der Waals surface area (Å²) in [5.41, 5.74) is 5.94. The third-order valence-electron chi connectivity index (χ3n) is 4.50. The molecule has 1 fully saturated rings. The van der Waals surface area contributed by atoms with Crippen LogP contribution in [0.15, 0.2) is 23.1 Å². The molecule has 6 nitrogen and oxygen atoms in total. The molecule has 0 amide bonds. The summed E-state index contributed by atoms with van der Waals surface area (Å²) in [7, 11) is -2.11. The second-order valence-corrected chi connectivity index (χ2v) is 8.92. The molecule has 1 heterocycles. The lowest BCUT2D eigenvalue weighted by Gasteiger charge is -2.33. The van der Waals surface area contributed by atoms with E-state index in [1.807, 2.05) is 13.8 Å². The van der Waals surface area contributed by atoms with Crippen LogP contribution < -0.4 is 10.5 Å². The average molecular weight is 391 g/mol. The molecule has 2 atom stereocenters. The molecule has 1 aliphatic rings. The van der Waals surface area contributed by atoms with Crippen LogP contribution >= 0.6 is 11.6 Å². The summed E-state index contributed by atoms with van der Waals surface area (Å²) in [6.45, 7) is 5.06. The molecule has 8 heteroatoms. The minimum Gasteiger partial charge on any atom is -0.487 e. The topological polar surface area (TPSA) is 81.9 Å². The molecule has 1 saturated heterocycles. The Labute approximate surface area is 155 Å². The summed E-state index contributed by atoms with van der Waals surface area (Å²) in [6, 6.07) is 4.74. The fraction of sp³-hybridized carbons (Fsp3) is 0.647. The van der Waals surface area contributed by atoms with Crippen molar-refractivity contribution >= 4 is 21.6 Å². The first-order valence-corrected chi connectivity index (χ1v) is 10.3. The maximum absolute atomic E-state index is 13.1. The van der Waals surface area contributed by atoms with Crippen molar-refractivity contribution in [2.24, 2.45) is 11.7 Å². The summed E-state index contributed by atoms with van der Waals surface area (Å²) in [4.78, 5) is 0.0993. The van der Waals surface area contributed by atoms with E-state index in [-0.39, 0.29) is 17.0 Å². The van der Waals surface area contributed by atoms with Crippen LogP contribution in [0.1, 0.15) is 26.7 Å². The van der Waals surface area contributed by atoms with Gasteiger partial charge in [-0.05, 0) is 50.8 Å². The Hall–Kier alpha value is -0.860. The molecule has 1 aliphatic heterocycles. The van der Waals surface area contributed by atoms with Gasteiger partial charge in [0.2, 0.25) is 10.0 Å². The number of hydrogen-bond acceptors (Lipinski definition) is 5. The third-order valence-corrected chi connectivity index (χ3v) is 6.65. The van der Waals surface area contributed by atoms with Gasteiger partial charge in [0.05, 0.1) is 6.61 Å². The predicted molar refractivity (Wildman–Crippen MR) is 98.6 cm³/mol. The lowest BCUT2D eigenvalue weighted by molar-refractivity contribution is 0.0899. The summed E-state index contributed by atoms with van der Waals surface area (Å²) in [5, 5.41) is 0.357. The van der Waals surface area contributed by atoms with Gasteiger partial charge in [-0.15, -0.1) is 0 Å². The molecule has 0 aromatic heterocycles. The van der Waals surface area contributed by atoms with Gasteiger partial charge in [0.25, 0.3) is 0 Å². The molecular weight excluding hydrogens is 364 g/mol. The molecule has 2 rings (SSSR count). The number of rotatable bonds is 7. The van der Waals surface area contributed by atoms with Crippen molar-refractivity contribution in [3.8, 4) is 5.75 Å². The van der Waals surface area contributed by atoms with Crippen LogP contribution in [0, 0.1) is 5.92 Å². The number of piperidine rings is 1. The molecule has 0 spiro atoms. The van der Waals surface area contributed by atoms with Crippen molar-refractivity contribution in [1.82, 2.24) is 4.31 Å². The van der Waals surface area contributed by atoms with Crippen molar-refractivity contribution in [2.45, 2.75) is 43.7 Å². The van der Waals surface area contributed by atoms with E-state index < -0.39 is 10.0 Å². The maximum atomic E-state index is 13.1. The Morgan fingerprint density at radius 3 is 2.52 bits per heavy atom. The Balaban J connectivity index is 2.25. The van der Waals surface area contributed by atoms with Gasteiger partial charge in [0.15, 0.2) is 0 Å². The average Bonchev–Trinajstić information content (AvgIpc) is 2.56. The molecule has 25 heavy (non-hydrogen) atoms. The van der Waals surface area contributed by atoms with Crippen LogP contribution in [0.5, 0.6) is 5.75 Å². The zero-order valence-corrected chi connectivity index (χ0v) is 16.5. The summed E-state index contributed by atoms with van der Waals surface area (Å²) < 4.78 is 38.5. The third kappa shape index (κ3) is 5.08. The zero-order valence-electron chi connectivity index (χ0n) is 14.9. The number of hydrogen-bond donors (Lipinski definition) is 1. The summed E-state index contributed by atoms with van der Waals surface area (Å²) >= 11 is 6.04. The van der Waals surface area contributed by atoms with E-state index in [9.17, 15) is 8.42 Å². The number of halogens is 1. The zero-order chi connectivity index (χ0) is 18.6. The Kier molecular flexibility index (Phi) is 7.10. The quantitative estimate of drug-likeness (QED) is 0.773. The minimum atomic E-state index is -3.68. The summed E-state index contributed by atoms with van der Waals surface area (Å²) in [6.07, 6.45) is 1.24. The van der Waals surface area contributed by atoms with Crippen LogP contribution in [0.3, 0.4) is 0 Å². The van der Waals surface area contributed by atoms with E-state index >= 15 is 0 Å². The highest BCUT2D eigenvalue weighted by atomic mass is 35.5. The van der Waals surface area contributed by atoms with E-state index in [1.165, 1.54) is 10.4 Å². The minimum absolute atomic E-state index is 0.0739. The van der Waals surface area contributed by atoms with Gasteiger partial charge < -0.3 is 15.2 Å². The van der Waals surface area contributed by atoms with E-state index in [2.05, 4.69) is 0 Å². The van der Waals surface area contributed by atoms with Crippen LogP contribution in [0.4, 0.5) is 0 Å². The standard InChI is InChI=1S/C17H27ClN2O4S/c1-12(11-23-3)24-16-5-4-15(18)10-17(16)25(21,22)20-8-6-14(7-9-20)13(2)19/h4-5,10,12-14H,6-9,11,19H2,1-3H3. The van der Waals surface area contributed by atoms with Crippen LogP contribution in [-0.2, 0) is 14.8 Å². The predicted octanol–water partition coefficient (Wildman–Crippen LogP) is 2.50. The molecule has 2 unspecified atom stereocenters. The first kappa shape index (κ1) is 20.5. The number of benzene rings is 1. The van der Waals surface area contributed by atoms with Crippen molar-refractivity contribution in [3.05, 3.63) is 23.2 Å². The number of nitrogens with zero attached hydrogens (tertiary/aromatic N) is 1. The van der Waals surface area contributed by atoms with E-state index in [0.29, 0.717) is 36.4 Å². The van der Waals surface area contributed by atoms with Gasteiger partial charge in [0.1, 0.15) is 16.7 Å². The maximum Gasteiger partial charge on any atom is 0.246 e. The molecule has 0 radical (unpaired) electrons. The van der Waals surface area contributed by atoms with Gasteiger partial charge in [-0.3, -0.25) is 0 Å². The van der Waals surface area contributed by atoms with Gasteiger partial charge >= 0.3 is 0 Å². The van der Waals surface area contributed by atoms with E-state index in [0.717, 1.165) is 12.8 Å².